The Morgan fingerprint density at radius 1 is 1.29 bits per heavy atom. The minimum atomic E-state index is -0.494. The van der Waals surface area contributed by atoms with Gasteiger partial charge in [0.2, 0.25) is 0 Å². The third-order valence-corrected chi connectivity index (χ3v) is 4.07. The van der Waals surface area contributed by atoms with Gasteiger partial charge in [0, 0.05) is 8.95 Å². The van der Waals surface area contributed by atoms with E-state index in [2.05, 4.69) is 37.2 Å². The number of ether oxygens (including phenoxy) is 1. The molecule has 7 heteroatoms. The summed E-state index contributed by atoms with van der Waals surface area (Å²) in [7, 11) is 1.47. The van der Waals surface area contributed by atoms with Crippen molar-refractivity contribution >= 4 is 55.1 Å². The van der Waals surface area contributed by atoms with E-state index in [1.165, 1.54) is 13.2 Å². The van der Waals surface area contributed by atoms with Crippen molar-refractivity contribution in [2.75, 3.05) is 12.4 Å². The Morgan fingerprint density at radius 2 is 2.00 bits per heavy atom. The fourth-order valence-electron chi connectivity index (χ4n) is 1.70. The molecule has 0 radical (unpaired) electrons. The molecule has 1 N–H and O–H groups in total. The van der Waals surface area contributed by atoms with Crippen LogP contribution in [-0.4, -0.2) is 13.0 Å². The van der Waals surface area contributed by atoms with Gasteiger partial charge in [0.05, 0.1) is 23.4 Å². The van der Waals surface area contributed by atoms with Gasteiger partial charge in [-0.3, -0.25) is 4.79 Å². The second kappa shape index (κ2) is 6.77. The Kier molecular flexibility index (Phi) is 5.24. The lowest BCUT2D eigenvalue weighted by Crippen LogP contribution is -2.14. The number of amides is 1. The lowest BCUT2D eigenvalue weighted by molar-refractivity contribution is 0.102. The number of halogens is 4. The standard InChI is InChI=1S/C14H9Br2ClFNO2/c1-21-12-4-7(15)2-3-9(12)14(20)19-13-10(16)5-8(18)6-11(13)17/h2-6H,1H3,(H,19,20). The normalized spacial score (nSPS) is 10.3. The first-order valence-electron chi connectivity index (χ1n) is 5.72. The van der Waals surface area contributed by atoms with Crippen LogP contribution >= 0.6 is 43.5 Å². The van der Waals surface area contributed by atoms with E-state index in [0.29, 0.717) is 21.5 Å². The number of hydrogen-bond donors (Lipinski definition) is 1. The maximum Gasteiger partial charge on any atom is 0.259 e. The van der Waals surface area contributed by atoms with Gasteiger partial charge in [0.25, 0.3) is 5.91 Å². The summed E-state index contributed by atoms with van der Waals surface area (Å²) >= 11 is 12.4. The van der Waals surface area contributed by atoms with Crippen LogP contribution < -0.4 is 10.1 Å². The molecule has 0 atom stereocenters. The third-order valence-electron chi connectivity index (χ3n) is 2.65. The molecular formula is C14H9Br2ClFNO2. The van der Waals surface area contributed by atoms with E-state index in [1.807, 2.05) is 0 Å². The molecule has 1 amide bonds. The smallest absolute Gasteiger partial charge is 0.259 e. The second-order valence-corrected chi connectivity index (χ2v) is 6.22. The highest BCUT2D eigenvalue weighted by Gasteiger charge is 2.16. The van der Waals surface area contributed by atoms with E-state index in [0.717, 1.165) is 10.5 Å². The molecule has 110 valence electrons. The first kappa shape index (κ1) is 16.3. The highest BCUT2D eigenvalue weighted by molar-refractivity contribution is 9.10. The number of hydrogen-bond acceptors (Lipinski definition) is 2. The van der Waals surface area contributed by atoms with E-state index in [4.69, 9.17) is 16.3 Å². The average molecular weight is 437 g/mol. The van der Waals surface area contributed by atoms with E-state index >= 15 is 0 Å². The lowest BCUT2D eigenvalue weighted by Gasteiger charge is -2.12. The Bertz CT molecular complexity index is 686. The summed E-state index contributed by atoms with van der Waals surface area (Å²) < 4.78 is 19.5. The molecule has 2 rings (SSSR count). The van der Waals surface area contributed by atoms with Crippen LogP contribution in [0.15, 0.2) is 39.3 Å². The number of rotatable bonds is 3. The van der Waals surface area contributed by atoms with Crippen molar-refractivity contribution in [1.82, 2.24) is 0 Å². The van der Waals surface area contributed by atoms with Gasteiger partial charge in [0.15, 0.2) is 0 Å². The number of carbonyl (C=O) groups excluding carboxylic acids is 1. The third kappa shape index (κ3) is 3.75. The van der Waals surface area contributed by atoms with E-state index < -0.39 is 11.7 Å². The topological polar surface area (TPSA) is 38.3 Å². The first-order chi connectivity index (χ1) is 9.92. The Morgan fingerprint density at radius 3 is 2.62 bits per heavy atom. The summed E-state index contributed by atoms with van der Waals surface area (Å²) in [6.07, 6.45) is 0. The van der Waals surface area contributed by atoms with Crippen molar-refractivity contribution in [3.8, 4) is 5.75 Å². The SMILES string of the molecule is COc1cc(Br)ccc1C(=O)Nc1c(Cl)cc(F)cc1Br. The molecule has 2 aromatic carbocycles. The fourth-order valence-corrected chi connectivity index (χ4v) is 2.93. The molecule has 0 aromatic heterocycles. The van der Waals surface area contributed by atoms with Gasteiger partial charge in [-0.1, -0.05) is 27.5 Å². The van der Waals surface area contributed by atoms with Crippen molar-refractivity contribution in [1.29, 1.82) is 0 Å². The summed E-state index contributed by atoms with van der Waals surface area (Å²) in [6.45, 7) is 0. The monoisotopic (exact) mass is 435 g/mol. The van der Waals surface area contributed by atoms with Crippen molar-refractivity contribution < 1.29 is 13.9 Å². The van der Waals surface area contributed by atoms with Gasteiger partial charge in [-0.2, -0.15) is 0 Å². The first-order valence-corrected chi connectivity index (χ1v) is 7.68. The molecule has 0 aliphatic carbocycles. The Hall–Kier alpha value is -1.11. The fraction of sp³-hybridized carbons (Fsp3) is 0.0714. The molecule has 21 heavy (non-hydrogen) atoms. The van der Waals surface area contributed by atoms with Gasteiger partial charge < -0.3 is 10.1 Å². The van der Waals surface area contributed by atoms with Gasteiger partial charge in [-0.05, 0) is 46.3 Å². The molecule has 0 saturated carbocycles. The zero-order valence-corrected chi connectivity index (χ0v) is 14.6. The summed E-state index contributed by atoms with van der Waals surface area (Å²) in [5.41, 5.74) is 0.640. The summed E-state index contributed by atoms with van der Waals surface area (Å²) in [6, 6.07) is 7.36. The molecular weight excluding hydrogens is 428 g/mol. The van der Waals surface area contributed by atoms with Crippen molar-refractivity contribution in [2.45, 2.75) is 0 Å². The summed E-state index contributed by atoms with van der Waals surface area (Å²) in [4.78, 5) is 12.3. The zero-order chi connectivity index (χ0) is 15.6. The Balaban J connectivity index is 2.35. The van der Waals surface area contributed by atoms with Gasteiger partial charge >= 0.3 is 0 Å². The molecule has 0 saturated heterocycles. The van der Waals surface area contributed by atoms with E-state index in [9.17, 15) is 9.18 Å². The molecule has 0 aliphatic rings. The number of nitrogens with one attached hydrogen (secondary N) is 1. The van der Waals surface area contributed by atoms with Gasteiger partial charge in [0.1, 0.15) is 11.6 Å². The molecule has 0 heterocycles. The number of benzene rings is 2. The van der Waals surface area contributed by atoms with Crippen LogP contribution in [0.5, 0.6) is 5.75 Å². The van der Waals surface area contributed by atoms with Crippen LogP contribution in [0.25, 0.3) is 0 Å². The summed E-state index contributed by atoms with van der Waals surface area (Å²) in [5, 5.41) is 2.74. The van der Waals surface area contributed by atoms with Crippen LogP contribution in [0.1, 0.15) is 10.4 Å². The number of anilines is 1. The largest absolute Gasteiger partial charge is 0.496 e. The molecule has 2 aromatic rings. The van der Waals surface area contributed by atoms with Gasteiger partial charge in [-0.25, -0.2) is 4.39 Å². The minimum absolute atomic E-state index is 0.103. The maximum atomic E-state index is 13.2. The van der Waals surface area contributed by atoms with Crippen molar-refractivity contribution in [2.24, 2.45) is 0 Å². The highest BCUT2D eigenvalue weighted by Crippen LogP contribution is 2.33. The predicted octanol–water partition coefficient (Wildman–Crippen LogP) is 5.27. The van der Waals surface area contributed by atoms with Crippen LogP contribution in [0.2, 0.25) is 5.02 Å². The summed E-state index contributed by atoms with van der Waals surface area (Å²) in [5.74, 6) is -0.490. The minimum Gasteiger partial charge on any atom is -0.496 e. The van der Waals surface area contributed by atoms with Crippen LogP contribution in [0.4, 0.5) is 10.1 Å². The molecule has 3 nitrogen and oxygen atoms in total. The van der Waals surface area contributed by atoms with Crippen LogP contribution in [0.3, 0.4) is 0 Å². The second-order valence-electron chi connectivity index (χ2n) is 4.04. The Labute approximate surface area is 142 Å². The van der Waals surface area contributed by atoms with Gasteiger partial charge in [-0.15, -0.1) is 0 Å². The van der Waals surface area contributed by atoms with Crippen molar-refractivity contribution in [3.63, 3.8) is 0 Å². The number of methoxy groups -OCH3 is 1. The highest BCUT2D eigenvalue weighted by atomic mass is 79.9. The zero-order valence-electron chi connectivity index (χ0n) is 10.7. The lowest BCUT2D eigenvalue weighted by atomic mass is 10.2. The van der Waals surface area contributed by atoms with E-state index in [-0.39, 0.29) is 5.02 Å². The predicted molar refractivity (Wildman–Crippen MR) is 87.8 cm³/mol. The molecule has 0 aliphatic heterocycles. The quantitative estimate of drug-likeness (QED) is 0.711. The van der Waals surface area contributed by atoms with Crippen molar-refractivity contribution in [3.05, 3.63) is 55.7 Å². The van der Waals surface area contributed by atoms with Crippen LogP contribution in [-0.2, 0) is 0 Å². The maximum absolute atomic E-state index is 13.2. The molecule has 0 spiro atoms. The number of carbonyl (C=O) groups is 1. The average Bonchev–Trinajstić information content (AvgIpc) is 2.42. The molecule has 0 unspecified atom stereocenters. The molecule has 0 bridgehead atoms. The van der Waals surface area contributed by atoms with Crippen LogP contribution in [0, 0.1) is 5.82 Å². The van der Waals surface area contributed by atoms with E-state index in [1.54, 1.807) is 18.2 Å². The molecule has 0 fully saturated rings.